The molecular weight excluding hydrogens is 263 g/mol. The molecule has 0 aromatic heterocycles. The van der Waals surface area contributed by atoms with Crippen LogP contribution in [0.15, 0.2) is 0 Å². The molecule has 0 radical (unpaired) electrons. The van der Waals surface area contributed by atoms with Gasteiger partial charge in [-0.2, -0.15) is 3.64 Å². The van der Waals surface area contributed by atoms with E-state index in [0.29, 0.717) is 6.04 Å². The minimum atomic E-state index is 0.584. The highest BCUT2D eigenvalue weighted by Crippen LogP contribution is 2.13. The number of hydrogen-bond donors (Lipinski definition) is 2. The molecule has 2 atom stereocenters. The van der Waals surface area contributed by atoms with Crippen LogP contribution in [0.25, 0.3) is 0 Å². The maximum Gasteiger partial charge on any atom is 0.0334 e. The Hall–Kier alpha value is 0.650. The lowest BCUT2D eigenvalue weighted by Gasteiger charge is -2.14. The van der Waals surface area contributed by atoms with Gasteiger partial charge in [-0.3, -0.25) is 0 Å². The van der Waals surface area contributed by atoms with Crippen molar-refractivity contribution in [1.29, 1.82) is 0 Å². The first-order valence-corrected chi connectivity index (χ1v) is 5.89. The van der Waals surface area contributed by atoms with E-state index in [4.69, 9.17) is 0 Å². The van der Waals surface area contributed by atoms with Gasteiger partial charge in [-0.25, -0.2) is 5.43 Å². The Kier molecular flexibility index (Phi) is 8.70. The minimum Gasteiger partial charge on any atom is -0.246 e. The average molecular weight is 284 g/mol. The zero-order valence-corrected chi connectivity index (χ0v) is 10.5. The first-order chi connectivity index (χ1) is 5.70. The highest BCUT2D eigenvalue weighted by atomic mass is 127. The van der Waals surface area contributed by atoms with Crippen LogP contribution >= 0.6 is 22.9 Å². The van der Waals surface area contributed by atoms with Gasteiger partial charge in [0.25, 0.3) is 0 Å². The van der Waals surface area contributed by atoms with Crippen LogP contribution in [-0.2, 0) is 0 Å². The minimum absolute atomic E-state index is 0.584. The van der Waals surface area contributed by atoms with Gasteiger partial charge in [0.1, 0.15) is 0 Å². The van der Waals surface area contributed by atoms with E-state index in [1.54, 1.807) is 0 Å². The summed E-state index contributed by atoms with van der Waals surface area (Å²) in [6.07, 6.45) is 5.27. The van der Waals surface area contributed by atoms with Crippen molar-refractivity contribution in [2.75, 3.05) is 0 Å². The SMILES string of the molecule is CCCC(C)CCC(C)NNI. The third-order valence-electron chi connectivity index (χ3n) is 2.17. The van der Waals surface area contributed by atoms with Crippen LogP contribution in [0.2, 0.25) is 0 Å². The second-order valence-electron chi connectivity index (χ2n) is 3.61. The van der Waals surface area contributed by atoms with Crippen molar-refractivity contribution in [3.63, 3.8) is 0 Å². The molecule has 0 bridgehead atoms. The van der Waals surface area contributed by atoms with Gasteiger partial charge in [-0.05, 0) is 25.7 Å². The molecule has 3 heteroatoms. The maximum atomic E-state index is 3.18. The molecule has 2 N–H and O–H groups in total. The van der Waals surface area contributed by atoms with Crippen molar-refractivity contribution in [1.82, 2.24) is 9.06 Å². The van der Waals surface area contributed by atoms with Crippen molar-refractivity contribution in [3.05, 3.63) is 0 Å². The van der Waals surface area contributed by atoms with E-state index < -0.39 is 0 Å². The molecule has 0 aliphatic heterocycles. The van der Waals surface area contributed by atoms with E-state index in [0.717, 1.165) is 5.92 Å². The lowest BCUT2D eigenvalue weighted by Crippen LogP contribution is -2.32. The molecule has 0 aliphatic rings. The van der Waals surface area contributed by atoms with Crippen molar-refractivity contribution in [2.24, 2.45) is 5.92 Å². The Morgan fingerprint density at radius 3 is 2.33 bits per heavy atom. The lowest BCUT2D eigenvalue weighted by molar-refractivity contribution is 0.413. The summed E-state index contributed by atoms with van der Waals surface area (Å²) in [5.41, 5.74) is 3.18. The number of halogens is 1. The largest absolute Gasteiger partial charge is 0.246 e. The molecule has 74 valence electrons. The lowest BCUT2D eigenvalue weighted by atomic mass is 9.98. The molecule has 0 saturated heterocycles. The van der Waals surface area contributed by atoms with Crippen molar-refractivity contribution in [3.8, 4) is 0 Å². The van der Waals surface area contributed by atoms with E-state index in [-0.39, 0.29) is 0 Å². The van der Waals surface area contributed by atoms with Crippen LogP contribution in [0, 0.1) is 5.92 Å². The van der Waals surface area contributed by atoms with Gasteiger partial charge in [0, 0.05) is 28.9 Å². The molecule has 0 spiro atoms. The summed E-state index contributed by atoms with van der Waals surface area (Å²) in [4.78, 5) is 0. The number of hydrogen-bond acceptors (Lipinski definition) is 2. The Balaban J connectivity index is 3.27. The van der Waals surface area contributed by atoms with Gasteiger partial charge < -0.3 is 0 Å². The van der Waals surface area contributed by atoms with E-state index in [1.807, 2.05) is 0 Å². The topological polar surface area (TPSA) is 24.1 Å². The average Bonchev–Trinajstić information content (AvgIpc) is 2.02. The van der Waals surface area contributed by atoms with Crippen LogP contribution in [0.5, 0.6) is 0 Å². The molecular formula is C9H21IN2. The molecule has 0 saturated carbocycles. The highest BCUT2D eigenvalue weighted by Gasteiger charge is 2.04. The fraction of sp³-hybridized carbons (Fsp3) is 1.00. The molecule has 0 aliphatic carbocycles. The molecule has 2 unspecified atom stereocenters. The summed E-state index contributed by atoms with van der Waals surface area (Å²) in [5, 5.41) is 0. The third kappa shape index (κ3) is 7.31. The molecule has 0 aromatic carbocycles. The molecule has 0 amide bonds. The Bertz CT molecular complexity index is 86.5. The Labute approximate surface area is 90.3 Å². The zero-order valence-electron chi connectivity index (χ0n) is 8.36. The first kappa shape index (κ1) is 12.7. The normalized spacial score (nSPS) is 16.0. The van der Waals surface area contributed by atoms with Gasteiger partial charge in [-0.1, -0.05) is 26.7 Å². The number of hydrazine groups is 1. The monoisotopic (exact) mass is 284 g/mol. The smallest absolute Gasteiger partial charge is 0.0334 e. The standard InChI is InChI=1S/C9H21IN2/c1-4-5-8(2)6-7-9(3)11-12-10/h8-9,11-12H,4-7H2,1-3H3. The van der Waals surface area contributed by atoms with Crippen molar-refractivity contribution < 1.29 is 0 Å². The fourth-order valence-corrected chi connectivity index (χ4v) is 1.87. The van der Waals surface area contributed by atoms with Crippen molar-refractivity contribution >= 4 is 22.9 Å². The molecule has 0 rings (SSSR count). The quantitative estimate of drug-likeness (QED) is 0.426. The van der Waals surface area contributed by atoms with E-state index >= 15 is 0 Å². The molecule has 0 aromatic rings. The first-order valence-electron chi connectivity index (χ1n) is 4.81. The van der Waals surface area contributed by atoms with Gasteiger partial charge >= 0.3 is 0 Å². The number of nitrogens with one attached hydrogen (secondary N) is 2. The summed E-state index contributed by atoms with van der Waals surface area (Å²) in [6.45, 7) is 6.81. The Morgan fingerprint density at radius 1 is 1.17 bits per heavy atom. The zero-order chi connectivity index (χ0) is 9.40. The second-order valence-corrected chi connectivity index (χ2v) is 4.15. The van der Waals surface area contributed by atoms with E-state index in [1.165, 1.54) is 25.7 Å². The molecule has 12 heavy (non-hydrogen) atoms. The third-order valence-corrected chi connectivity index (χ3v) is 2.49. The fourth-order valence-electron chi connectivity index (χ4n) is 1.34. The van der Waals surface area contributed by atoms with Crippen LogP contribution in [-0.4, -0.2) is 6.04 Å². The summed E-state index contributed by atoms with van der Waals surface area (Å²) < 4.78 is 2.94. The van der Waals surface area contributed by atoms with Gasteiger partial charge in [0.05, 0.1) is 0 Å². The molecule has 0 heterocycles. The number of rotatable bonds is 7. The van der Waals surface area contributed by atoms with E-state index in [2.05, 4.69) is 52.7 Å². The predicted molar refractivity (Wildman–Crippen MR) is 63.1 cm³/mol. The van der Waals surface area contributed by atoms with Crippen LogP contribution < -0.4 is 9.06 Å². The van der Waals surface area contributed by atoms with Gasteiger partial charge in [-0.15, -0.1) is 0 Å². The molecule has 2 nitrogen and oxygen atoms in total. The highest BCUT2D eigenvalue weighted by molar-refractivity contribution is 14.1. The summed E-state index contributed by atoms with van der Waals surface area (Å²) in [5.74, 6) is 0.883. The summed E-state index contributed by atoms with van der Waals surface area (Å²) in [7, 11) is 0. The van der Waals surface area contributed by atoms with Crippen LogP contribution in [0.3, 0.4) is 0 Å². The summed E-state index contributed by atoms with van der Waals surface area (Å²) in [6, 6.07) is 0.584. The van der Waals surface area contributed by atoms with Gasteiger partial charge in [0.2, 0.25) is 0 Å². The predicted octanol–water partition coefficient (Wildman–Crippen LogP) is 3.04. The maximum absolute atomic E-state index is 3.18. The summed E-state index contributed by atoms with van der Waals surface area (Å²) >= 11 is 2.12. The van der Waals surface area contributed by atoms with Crippen molar-refractivity contribution in [2.45, 2.75) is 52.5 Å². The second kappa shape index (κ2) is 8.26. The van der Waals surface area contributed by atoms with Gasteiger partial charge in [0.15, 0.2) is 0 Å². The Morgan fingerprint density at radius 2 is 1.83 bits per heavy atom. The van der Waals surface area contributed by atoms with E-state index in [9.17, 15) is 0 Å². The molecule has 0 fully saturated rings. The van der Waals surface area contributed by atoms with Crippen LogP contribution in [0.1, 0.15) is 46.5 Å². The van der Waals surface area contributed by atoms with Crippen LogP contribution in [0.4, 0.5) is 0 Å².